The summed E-state index contributed by atoms with van der Waals surface area (Å²) in [4.78, 5) is 17.6. The first-order valence-corrected chi connectivity index (χ1v) is 6.57. The Morgan fingerprint density at radius 2 is 2.15 bits per heavy atom. The molecule has 1 aromatic carbocycles. The molecule has 4 nitrogen and oxygen atoms in total. The van der Waals surface area contributed by atoms with Crippen molar-refractivity contribution in [3.05, 3.63) is 41.2 Å². The van der Waals surface area contributed by atoms with E-state index in [1.165, 1.54) is 0 Å². The highest BCUT2D eigenvalue weighted by Crippen LogP contribution is 2.41. The number of benzene rings is 1. The summed E-state index contributed by atoms with van der Waals surface area (Å²) >= 11 is 5.99. The SMILES string of the molecule is COc1c(-c2cncc(Cl)c2)ccc2c1CC(=O)N2C. The van der Waals surface area contributed by atoms with Gasteiger partial charge in [0.2, 0.25) is 5.91 Å². The third-order valence-electron chi connectivity index (χ3n) is 3.52. The van der Waals surface area contributed by atoms with Crippen LogP contribution in [0.2, 0.25) is 5.02 Å². The summed E-state index contributed by atoms with van der Waals surface area (Å²) in [6, 6.07) is 5.69. The lowest BCUT2D eigenvalue weighted by Gasteiger charge is -2.15. The molecule has 0 radical (unpaired) electrons. The Bertz CT molecular complexity index is 700. The van der Waals surface area contributed by atoms with Crippen molar-refractivity contribution in [2.45, 2.75) is 6.42 Å². The van der Waals surface area contributed by atoms with Gasteiger partial charge in [-0.3, -0.25) is 9.78 Å². The molecule has 0 unspecified atom stereocenters. The van der Waals surface area contributed by atoms with Crippen molar-refractivity contribution in [2.75, 3.05) is 19.1 Å². The van der Waals surface area contributed by atoms with Crippen molar-refractivity contribution in [3.8, 4) is 16.9 Å². The van der Waals surface area contributed by atoms with Crippen molar-refractivity contribution in [2.24, 2.45) is 0 Å². The molecule has 20 heavy (non-hydrogen) atoms. The number of fused-ring (bicyclic) bond motifs is 1. The summed E-state index contributed by atoms with van der Waals surface area (Å²) in [5, 5.41) is 0.568. The third kappa shape index (κ3) is 1.93. The molecule has 0 fully saturated rings. The van der Waals surface area contributed by atoms with Gasteiger partial charge in [-0.2, -0.15) is 0 Å². The zero-order chi connectivity index (χ0) is 14.3. The monoisotopic (exact) mass is 288 g/mol. The zero-order valence-corrected chi connectivity index (χ0v) is 11.9. The number of carbonyl (C=O) groups excluding carboxylic acids is 1. The minimum absolute atomic E-state index is 0.0691. The van der Waals surface area contributed by atoms with Crippen LogP contribution in [0.15, 0.2) is 30.6 Å². The number of methoxy groups -OCH3 is 1. The number of likely N-dealkylation sites (N-methyl/N-ethyl adjacent to an activating group) is 1. The molecule has 102 valence electrons. The Labute approximate surface area is 122 Å². The average Bonchev–Trinajstić information content (AvgIpc) is 2.73. The maximum atomic E-state index is 11.8. The normalized spacial score (nSPS) is 13.6. The lowest BCUT2D eigenvalue weighted by Crippen LogP contribution is -2.20. The van der Waals surface area contributed by atoms with Crippen LogP contribution in [0.3, 0.4) is 0 Å². The Balaban J connectivity index is 2.20. The molecule has 1 aromatic heterocycles. The Morgan fingerprint density at radius 3 is 2.85 bits per heavy atom. The highest BCUT2D eigenvalue weighted by molar-refractivity contribution is 6.30. The second kappa shape index (κ2) is 4.80. The number of hydrogen-bond donors (Lipinski definition) is 0. The number of amides is 1. The molecular formula is C15H13ClN2O2. The number of halogens is 1. The summed E-state index contributed by atoms with van der Waals surface area (Å²) in [5.74, 6) is 0.781. The van der Waals surface area contributed by atoms with E-state index >= 15 is 0 Å². The molecule has 2 heterocycles. The molecule has 0 saturated carbocycles. The predicted octanol–water partition coefficient (Wildman–Crippen LogP) is 2.93. The van der Waals surface area contributed by atoms with Crippen LogP contribution in [-0.4, -0.2) is 25.0 Å². The number of rotatable bonds is 2. The molecule has 2 aromatic rings. The van der Waals surface area contributed by atoms with Crippen LogP contribution in [0.25, 0.3) is 11.1 Å². The van der Waals surface area contributed by atoms with E-state index in [4.69, 9.17) is 16.3 Å². The minimum atomic E-state index is 0.0691. The maximum absolute atomic E-state index is 11.8. The van der Waals surface area contributed by atoms with Gasteiger partial charge in [-0.15, -0.1) is 0 Å². The second-order valence-corrected chi connectivity index (χ2v) is 5.10. The summed E-state index contributed by atoms with van der Waals surface area (Å²) in [6.45, 7) is 0. The molecule has 1 aliphatic rings. The first kappa shape index (κ1) is 12.9. The van der Waals surface area contributed by atoms with E-state index in [-0.39, 0.29) is 5.91 Å². The van der Waals surface area contributed by atoms with E-state index in [0.717, 1.165) is 22.4 Å². The van der Waals surface area contributed by atoms with Crippen LogP contribution < -0.4 is 9.64 Å². The van der Waals surface area contributed by atoms with Gasteiger partial charge in [-0.05, 0) is 18.2 Å². The molecule has 0 saturated heterocycles. The molecule has 0 atom stereocenters. The number of hydrogen-bond acceptors (Lipinski definition) is 3. The fourth-order valence-electron chi connectivity index (χ4n) is 2.53. The summed E-state index contributed by atoms with van der Waals surface area (Å²) in [5.41, 5.74) is 3.58. The fourth-order valence-corrected chi connectivity index (χ4v) is 2.70. The van der Waals surface area contributed by atoms with Crippen LogP contribution in [0.5, 0.6) is 5.75 Å². The van der Waals surface area contributed by atoms with Gasteiger partial charge in [0.25, 0.3) is 0 Å². The second-order valence-electron chi connectivity index (χ2n) is 4.67. The van der Waals surface area contributed by atoms with Crippen LogP contribution >= 0.6 is 11.6 Å². The summed E-state index contributed by atoms with van der Waals surface area (Å²) < 4.78 is 5.53. The van der Waals surface area contributed by atoms with Crippen LogP contribution in [0.1, 0.15) is 5.56 Å². The smallest absolute Gasteiger partial charge is 0.231 e. The molecular weight excluding hydrogens is 276 g/mol. The zero-order valence-electron chi connectivity index (χ0n) is 11.2. The van der Waals surface area contributed by atoms with Crippen LogP contribution in [-0.2, 0) is 11.2 Å². The number of nitrogens with zero attached hydrogens (tertiary/aromatic N) is 2. The average molecular weight is 289 g/mol. The van der Waals surface area contributed by atoms with E-state index in [2.05, 4.69) is 4.98 Å². The molecule has 3 rings (SSSR count). The van der Waals surface area contributed by atoms with Gasteiger partial charge in [0.1, 0.15) is 5.75 Å². The van der Waals surface area contributed by atoms with Gasteiger partial charge < -0.3 is 9.64 Å². The summed E-state index contributed by atoms with van der Waals surface area (Å²) in [6.07, 6.45) is 3.68. The number of ether oxygens (including phenoxy) is 1. The molecule has 1 aliphatic heterocycles. The first-order chi connectivity index (χ1) is 9.61. The lowest BCUT2D eigenvalue weighted by atomic mass is 10.0. The van der Waals surface area contributed by atoms with E-state index < -0.39 is 0 Å². The van der Waals surface area contributed by atoms with Crippen molar-refractivity contribution in [1.29, 1.82) is 0 Å². The molecule has 0 N–H and O–H groups in total. The van der Waals surface area contributed by atoms with Gasteiger partial charge in [-0.25, -0.2) is 0 Å². The number of pyridine rings is 1. The first-order valence-electron chi connectivity index (χ1n) is 6.19. The quantitative estimate of drug-likeness (QED) is 0.853. The molecule has 5 heteroatoms. The van der Waals surface area contributed by atoms with Crippen molar-refractivity contribution < 1.29 is 9.53 Å². The van der Waals surface area contributed by atoms with Crippen molar-refractivity contribution >= 4 is 23.2 Å². The van der Waals surface area contributed by atoms with E-state index in [0.29, 0.717) is 17.2 Å². The maximum Gasteiger partial charge on any atom is 0.231 e. The molecule has 0 spiro atoms. The highest BCUT2D eigenvalue weighted by Gasteiger charge is 2.28. The van der Waals surface area contributed by atoms with Gasteiger partial charge in [0.05, 0.1) is 24.2 Å². The van der Waals surface area contributed by atoms with E-state index in [1.807, 2.05) is 18.2 Å². The van der Waals surface area contributed by atoms with Gasteiger partial charge in [0.15, 0.2) is 0 Å². The molecule has 0 bridgehead atoms. The highest BCUT2D eigenvalue weighted by atomic mass is 35.5. The topological polar surface area (TPSA) is 42.4 Å². The van der Waals surface area contributed by atoms with Crippen LogP contribution in [0.4, 0.5) is 5.69 Å². The van der Waals surface area contributed by atoms with E-state index in [1.54, 1.807) is 31.5 Å². The van der Waals surface area contributed by atoms with Gasteiger partial charge in [0, 0.05) is 36.1 Å². The van der Waals surface area contributed by atoms with Crippen LogP contribution in [0, 0.1) is 0 Å². The van der Waals surface area contributed by atoms with Crippen molar-refractivity contribution in [1.82, 2.24) is 4.98 Å². The van der Waals surface area contributed by atoms with Gasteiger partial charge >= 0.3 is 0 Å². The van der Waals surface area contributed by atoms with E-state index in [9.17, 15) is 4.79 Å². The summed E-state index contributed by atoms with van der Waals surface area (Å²) in [7, 11) is 3.38. The number of aromatic nitrogens is 1. The van der Waals surface area contributed by atoms with Crippen molar-refractivity contribution in [3.63, 3.8) is 0 Å². The standard InChI is InChI=1S/C15H13ClN2O2/c1-18-13-4-3-11(9-5-10(16)8-17-7-9)15(20-2)12(13)6-14(18)19/h3-5,7-8H,6H2,1-2H3. The van der Waals surface area contributed by atoms with Gasteiger partial charge in [-0.1, -0.05) is 11.6 Å². The Morgan fingerprint density at radius 1 is 1.35 bits per heavy atom. The number of carbonyl (C=O) groups is 1. The molecule has 0 aliphatic carbocycles. The Kier molecular flexibility index (Phi) is 3.10. The number of anilines is 1. The Hall–Kier alpha value is -2.07. The minimum Gasteiger partial charge on any atom is -0.496 e. The fraction of sp³-hybridized carbons (Fsp3) is 0.200. The predicted molar refractivity (Wildman–Crippen MR) is 78.3 cm³/mol. The lowest BCUT2D eigenvalue weighted by molar-refractivity contribution is -0.117. The largest absolute Gasteiger partial charge is 0.496 e. The third-order valence-corrected chi connectivity index (χ3v) is 3.73. The molecule has 1 amide bonds.